The lowest BCUT2D eigenvalue weighted by atomic mass is 10.3. The lowest BCUT2D eigenvalue weighted by Crippen LogP contribution is -1.95. The Morgan fingerprint density at radius 1 is 1.25 bits per heavy atom. The number of hydrogen-bond acceptors (Lipinski definition) is 5. The third-order valence-electron chi connectivity index (χ3n) is 1.82. The second kappa shape index (κ2) is 5.55. The van der Waals surface area contributed by atoms with Gasteiger partial charge in [0.25, 0.3) is 11.1 Å². The Morgan fingerprint density at radius 3 is 2.81 bits per heavy atom. The number of para-hydroxylation sites is 1. The maximum atomic E-state index is 5.48. The minimum atomic E-state index is 0.307. The molecule has 0 saturated heterocycles. The van der Waals surface area contributed by atoms with Crippen LogP contribution < -0.4 is 4.74 Å². The van der Waals surface area contributed by atoms with Crippen LogP contribution in [0.3, 0.4) is 0 Å². The van der Waals surface area contributed by atoms with E-state index in [0.29, 0.717) is 17.7 Å². The van der Waals surface area contributed by atoms with E-state index in [1.165, 1.54) is 11.8 Å². The summed E-state index contributed by atoms with van der Waals surface area (Å²) in [6.45, 7) is 2.34. The first-order valence-corrected chi connectivity index (χ1v) is 6.00. The van der Waals surface area contributed by atoms with Gasteiger partial charge in [0, 0.05) is 0 Å². The Bertz CT molecular complexity index is 431. The fourth-order valence-electron chi connectivity index (χ4n) is 1.14. The average Bonchev–Trinajstić information content (AvgIpc) is 2.76. The lowest BCUT2D eigenvalue weighted by Gasteiger charge is -2.01. The van der Waals surface area contributed by atoms with Crippen LogP contribution in [-0.4, -0.2) is 16.0 Å². The van der Waals surface area contributed by atoms with E-state index >= 15 is 0 Å². The molecule has 0 bridgehead atoms. The molecule has 2 aromatic rings. The fraction of sp³-hybridized carbons (Fsp3) is 0.273. The van der Waals surface area contributed by atoms with Crippen molar-refractivity contribution in [1.82, 2.24) is 10.2 Å². The van der Waals surface area contributed by atoms with Crippen LogP contribution in [-0.2, 0) is 6.61 Å². The summed E-state index contributed by atoms with van der Waals surface area (Å²) in [4.78, 5) is 0. The third-order valence-corrected chi connectivity index (χ3v) is 2.52. The molecule has 1 heterocycles. The van der Waals surface area contributed by atoms with Gasteiger partial charge in [-0.3, -0.25) is 0 Å². The number of rotatable bonds is 5. The van der Waals surface area contributed by atoms with Crippen LogP contribution in [0.25, 0.3) is 0 Å². The molecule has 0 radical (unpaired) electrons. The largest absolute Gasteiger partial charge is 0.484 e. The maximum absolute atomic E-state index is 5.48. The Kier molecular flexibility index (Phi) is 3.82. The zero-order valence-corrected chi connectivity index (χ0v) is 9.74. The molecule has 0 unspecified atom stereocenters. The fourth-order valence-corrected chi connectivity index (χ4v) is 1.64. The first-order chi connectivity index (χ1) is 7.88. The third kappa shape index (κ3) is 3.00. The summed E-state index contributed by atoms with van der Waals surface area (Å²) in [5, 5.41) is 8.36. The summed E-state index contributed by atoms with van der Waals surface area (Å²) in [5.74, 6) is 2.21. The zero-order valence-electron chi connectivity index (χ0n) is 8.92. The highest BCUT2D eigenvalue weighted by Crippen LogP contribution is 2.16. The highest BCUT2D eigenvalue weighted by atomic mass is 32.2. The van der Waals surface area contributed by atoms with Crippen LogP contribution >= 0.6 is 11.8 Å². The van der Waals surface area contributed by atoms with Gasteiger partial charge in [-0.2, -0.15) is 0 Å². The number of aromatic nitrogens is 2. The van der Waals surface area contributed by atoms with E-state index in [9.17, 15) is 0 Å². The predicted octanol–water partition coefficient (Wildman–Crippen LogP) is 2.76. The molecule has 0 atom stereocenters. The average molecular weight is 236 g/mol. The van der Waals surface area contributed by atoms with Gasteiger partial charge in [-0.15, -0.1) is 10.2 Å². The molecule has 0 aliphatic rings. The summed E-state index contributed by atoms with van der Waals surface area (Å²) < 4.78 is 10.8. The van der Waals surface area contributed by atoms with Crippen LogP contribution in [0.4, 0.5) is 0 Å². The molecule has 0 aliphatic carbocycles. The van der Waals surface area contributed by atoms with E-state index in [4.69, 9.17) is 9.15 Å². The van der Waals surface area contributed by atoms with Crippen molar-refractivity contribution in [3.05, 3.63) is 36.2 Å². The van der Waals surface area contributed by atoms with Gasteiger partial charge in [0.2, 0.25) is 0 Å². The molecule has 4 nitrogen and oxygen atoms in total. The highest BCUT2D eigenvalue weighted by molar-refractivity contribution is 7.99. The number of hydrogen-bond donors (Lipinski definition) is 0. The number of benzene rings is 1. The zero-order chi connectivity index (χ0) is 11.2. The molecular weight excluding hydrogens is 224 g/mol. The van der Waals surface area contributed by atoms with Crippen molar-refractivity contribution in [2.45, 2.75) is 18.8 Å². The smallest absolute Gasteiger partial charge is 0.276 e. The molecule has 0 spiro atoms. The minimum Gasteiger partial charge on any atom is -0.484 e. The second-order valence-corrected chi connectivity index (χ2v) is 4.21. The Hall–Kier alpha value is -1.49. The van der Waals surface area contributed by atoms with Gasteiger partial charge in [-0.25, -0.2) is 0 Å². The normalized spacial score (nSPS) is 10.3. The van der Waals surface area contributed by atoms with E-state index in [1.54, 1.807) is 0 Å². The van der Waals surface area contributed by atoms with E-state index in [1.807, 2.05) is 37.3 Å². The van der Waals surface area contributed by atoms with Crippen LogP contribution in [0, 0.1) is 0 Å². The Balaban J connectivity index is 1.89. The first-order valence-electron chi connectivity index (χ1n) is 5.01. The van der Waals surface area contributed by atoms with E-state index in [-0.39, 0.29) is 0 Å². The lowest BCUT2D eigenvalue weighted by molar-refractivity contribution is 0.252. The van der Waals surface area contributed by atoms with E-state index in [2.05, 4.69) is 10.2 Å². The molecule has 5 heteroatoms. The Labute approximate surface area is 98.0 Å². The highest BCUT2D eigenvalue weighted by Gasteiger charge is 2.05. The first kappa shape index (κ1) is 11.0. The van der Waals surface area contributed by atoms with Crippen molar-refractivity contribution in [2.24, 2.45) is 0 Å². The van der Waals surface area contributed by atoms with E-state index in [0.717, 1.165) is 11.5 Å². The van der Waals surface area contributed by atoms with Gasteiger partial charge in [0.15, 0.2) is 6.61 Å². The standard InChI is InChI=1S/C11H12N2O2S/c1-2-16-11-13-12-10(15-11)8-14-9-6-4-3-5-7-9/h3-7H,2,8H2,1H3. The molecule has 0 aliphatic heterocycles. The number of ether oxygens (including phenoxy) is 1. The van der Waals surface area contributed by atoms with Gasteiger partial charge >= 0.3 is 0 Å². The van der Waals surface area contributed by atoms with Crippen molar-refractivity contribution >= 4 is 11.8 Å². The number of thioether (sulfide) groups is 1. The van der Waals surface area contributed by atoms with Crippen LogP contribution in [0.5, 0.6) is 5.75 Å². The molecule has 16 heavy (non-hydrogen) atoms. The summed E-state index contributed by atoms with van der Waals surface area (Å²) in [6, 6.07) is 9.55. The monoisotopic (exact) mass is 236 g/mol. The summed E-state index contributed by atoms with van der Waals surface area (Å²) in [5.41, 5.74) is 0. The SMILES string of the molecule is CCSc1nnc(COc2ccccc2)o1. The molecule has 1 aromatic heterocycles. The van der Waals surface area contributed by atoms with Gasteiger partial charge in [0.1, 0.15) is 5.75 Å². The molecule has 2 rings (SSSR count). The summed E-state index contributed by atoms with van der Waals surface area (Å²) in [6.07, 6.45) is 0. The van der Waals surface area contributed by atoms with Crippen LogP contribution in [0.15, 0.2) is 40.0 Å². The molecular formula is C11H12N2O2S. The minimum absolute atomic E-state index is 0.307. The topological polar surface area (TPSA) is 48.2 Å². The molecule has 0 amide bonds. The molecule has 0 saturated carbocycles. The molecule has 84 valence electrons. The summed E-state index contributed by atoms with van der Waals surface area (Å²) >= 11 is 1.52. The van der Waals surface area contributed by atoms with Gasteiger partial charge < -0.3 is 9.15 Å². The van der Waals surface area contributed by atoms with Crippen LogP contribution in [0.1, 0.15) is 12.8 Å². The number of nitrogens with zero attached hydrogens (tertiary/aromatic N) is 2. The van der Waals surface area contributed by atoms with Gasteiger partial charge in [-0.05, 0) is 17.9 Å². The van der Waals surface area contributed by atoms with Crippen molar-refractivity contribution in [1.29, 1.82) is 0 Å². The van der Waals surface area contributed by atoms with Crippen molar-refractivity contribution < 1.29 is 9.15 Å². The maximum Gasteiger partial charge on any atom is 0.276 e. The summed E-state index contributed by atoms with van der Waals surface area (Å²) in [7, 11) is 0. The van der Waals surface area contributed by atoms with Crippen molar-refractivity contribution in [3.63, 3.8) is 0 Å². The molecule has 1 aromatic carbocycles. The van der Waals surface area contributed by atoms with Crippen molar-refractivity contribution in [3.8, 4) is 5.75 Å². The predicted molar refractivity (Wildman–Crippen MR) is 61.5 cm³/mol. The van der Waals surface area contributed by atoms with Crippen molar-refractivity contribution in [2.75, 3.05) is 5.75 Å². The van der Waals surface area contributed by atoms with Gasteiger partial charge in [0.05, 0.1) is 0 Å². The van der Waals surface area contributed by atoms with Gasteiger partial charge in [-0.1, -0.05) is 36.9 Å². The molecule has 0 N–H and O–H groups in total. The molecule has 0 fully saturated rings. The Morgan fingerprint density at radius 2 is 2.06 bits per heavy atom. The van der Waals surface area contributed by atoms with Crippen LogP contribution in [0.2, 0.25) is 0 Å². The second-order valence-electron chi connectivity index (χ2n) is 3.00. The quantitative estimate of drug-likeness (QED) is 0.747. The van der Waals surface area contributed by atoms with E-state index < -0.39 is 0 Å².